The largest absolute Gasteiger partial charge is 0.463 e. The van der Waals surface area contributed by atoms with Gasteiger partial charge in [-0.1, -0.05) is 24.3 Å². The second-order valence-electron chi connectivity index (χ2n) is 4.58. The van der Waals surface area contributed by atoms with Crippen LogP contribution in [0.3, 0.4) is 0 Å². The van der Waals surface area contributed by atoms with Crippen LogP contribution >= 0.6 is 0 Å². The minimum atomic E-state index is -0.817. The van der Waals surface area contributed by atoms with E-state index in [1.54, 1.807) is 20.8 Å². The number of rotatable bonds is 4. The summed E-state index contributed by atoms with van der Waals surface area (Å²) < 4.78 is 5.10. The molecule has 0 amide bonds. The summed E-state index contributed by atoms with van der Waals surface area (Å²) in [7, 11) is 0. The molecule has 2 unspecified atom stereocenters. The monoisotopic (exact) mass is 236 g/mol. The Morgan fingerprint density at radius 1 is 1.24 bits per heavy atom. The molecule has 0 radical (unpaired) electrons. The van der Waals surface area contributed by atoms with Crippen LogP contribution in [0.4, 0.5) is 0 Å². The second kappa shape index (κ2) is 5.82. The number of carbonyl (C=O) groups excluding carboxylic acids is 1. The minimum absolute atomic E-state index is 0.158. The van der Waals surface area contributed by atoms with E-state index in [-0.39, 0.29) is 12.1 Å². The second-order valence-corrected chi connectivity index (χ2v) is 4.58. The lowest BCUT2D eigenvalue weighted by atomic mass is 9.94. The molecule has 0 aliphatic rings. The van der Waals surface area contributed by atoms with Crippen molar-refractivity contribution in [3.8, 4) is 0 Å². The van der Waals surface area contributed by atoms with E-state index >= 15 is 0 Å². The predicted octanol–water partition coefficient (Wildman–Crippen LogP) is 2.62. The molecule has 0 saturated carbocycles. The van der Waals surface area contributed by atoms with Crippen molar-refractivity contribution in [3.05, 3.63) is 35.4 Å². The Hall–Kier alpha value is -1.35. The summed E-state index contributed by atoms with van der Waals surface area (Å²) in [4.78, 5) is 11.7. The highest BCUT2D eigenvalue weighted by Crippen LogP contribution is 2.25. The van der Waals surface area contributed by atoms with Crippen LogP contribution in [0, 0.1) is 12.8 Å². The van der Waals surface area contributed by atoms with Crippen molar-refractivity contribution in [1.29, 1.82) is 0 Å². The zero-order valence-corrected chi connectivity index (χ0v) is 10.8. The Balaban J connectivity index is 2.80. The smallest absolute Gasteiger partial charge is 0.311 e. The lowest BCUT2D eigenvalue weighted by Crippen LogP contribution is -2.24. The molecule has 1 rings (SSSR count). The maximum atomic E-state index is 11.7. The van der Waals surface area contributed by atoms with Gasteiger partial charge >= 0.3 is 5.97 Å². The zero-order chi connectivity index (χ0) is 13.0. The molecule has 3 nitrogen and oxygen atoms in total. The molecular formula is C14H20O3. The molecule has 0 heterocycles. The number of carbonyl (C=O) groups is 1. The number of ether oxygens (including phenoxy) is 1. The van der Waals surface area contributed by atoms with Crippen molar-refractivity contribution < 1.29 is 14.6 Å². The van der Waals surface area contributed by atoms with Crippen molar-refractivity contribution in [1.82, 2.24) is 0 Å². The molecule has 2 atom stereocenters. The van der Waals surface area contributed by atoms with Crippen molar-refractivity contribution in [2.75, 3.05) is 0 Å². The summed E-state index contributed by atoms with van der Waals surface area (Å²) in [6.45, 7) is 7.19. The normalized spacial score (nSPS) is 14.5. The van der Waals surface area contributed by atoms with Gasteiger partial charge in [-0.05, 0) is 38.8 Å². The van der Waals surface area contributed by atoms with Crippen LogP contribution in [-0.4, -0.2) is 17.2 Å². The fraction of sp³-hybridized carbons (Fsp3) is 0.500. The molecule has 0 aliphatic heterocycles. The van der Waals surface area contributed by atoms with Gasteiger partial charge in [0.05, 0.1) is 18.1 Å². The molecule has 1 aromatic carbocycles. The summed E-state index contributed by atoms with van der Waals surface area (Å²) in [6.07, 6.45) is -0.975. The molecule has 0 fully saturated rings. The van der Waals surface area contributed by atoms with Gasteiger partial charge in [0.15, 0.2) is 0 Å². The third-order valence-electron chi connectivity index (χ3n) is 2.70. The van der Waals surface area contributed by atoms with E-state index in [1.165, 1.54) is 0 Å². The number of aliphatic hydroxyl groups is 1. The van der Waals surface area contributed by atoms with Gasteiger partial charge in [-0.3, -0.25) is 4.79 Å². The number of esters is 1. The first kappa shape index (κ1) is 13.7. The van der Waals surface area contributed by atoms with Crippen LogP contribution < -0.4 is 0 Å². The maximum Gasteiger partial charge on any atom is 0.311 e. The van der Waals surface area contributed by atoms with Gasteiger partial charge in [0.2, 0.25) is 0 Å². The summed E-state index contributed by atoms with van der Waals surface area (Å²) >= 11 is 0. The highest BCUT2D eigenvalue weighted by molar-refractivity contribution is 5.73. The van der Waals surface area contributed by atoms with Gasteiger partial charge < -0.3 is 9.84 Å². The van der Waals surface area contributed by atoms with Gasteiger partial charge in [-0.25, -0.2) is 0 Å². The molecule has 0 bridgehead atoms. The van der Waals surface area contributed by atoms with Gasteiger partial charge in [-0.2, -0.15) is 0 Å². The van der Waals surface area contributed by atoms with Gasteiger partial charge in [-0.15, -0.1) is 0 Å². The topological polar surface area (TPSA) is 46.5 Å². The fourth-order valence-corrected chi connectivity index (χ4v) is 1.66. The molecule has 1 N–H and O–H groups in total. The van der Waals surface area contributed by atoms with E-state index in [4.69, 9.17) is 4.74 Å². The molecule has 3 heteroatoms. The van der Waals surface area contributed by atoms with Crippen LogP contribution in [0.5, 0.6) is 0 Å². The van der Waals surface area contributed by atoms with E-state index in [0.29, 0.717) is 0 Å². The molecule has 0 saturated heterocycles. The van der Waals surface area contributed by atoms with E-state index in [2.05, 4.69) is 0 Å². The van der Waals surface area contributed by atoms with Gasteiger partial charge in [0.25, 0.3) is 0 Å². The fourth-order valence-electron chi connectivity index (χ4n) is 1.66. The standard InChI is InChI=1S/C14H20O3/c1-9(2)17-14(16)11(4)13(15)12-8-6-5-7-10(12)3/h5-9,11,13,15H,1-4H3. The molecule has 0 aromatic heterocycles. The third kappa shape index (κ3) is 3.56. The lowest BCUT2D eigenvalue weighted by molar-refractivity contribution is -0.155. The Morgan fingerprint density at radius 3 is 2.35 bits per heavy atom. The molecule has 0 aliphatic carbocycles. The van der Waals surface area contributed by atoms with Crippen LogP contribution in [0.2, 0.25) is 0 Å². The Kier molecular flexibility index (Phi) is 4.70. The zero-order valence-electron chi connectivity index (χ0n) is 10.8. The number of aryl methyl sites for hydroxylation is 1. The van der Waals surface area contributed by atoms with Gasteiger partial charge in [0, 0.05) is 0 Å². The van der Waals surface area contributed by atoms with Gasteiger partial charge in [0.1, 0.15) is 0 Å². The van der Waals surface area contributed by atoms with E-state index in [9.17, 15) is 9.90 Å². The maximum absolute atomic E-state index is 11.7. The van der Waals surface area contributed by atoms with Crippen molar-refractivity contribution in [2.45, 2.75) is 39.9 Å². The number of hydrogen-bond acceptors (Lipinski definition) is 3. The number of aliphatic hydroxyl groups excluding tert-OH is 1. The highest BCUT2D eigenvalue weighted by atomic mass is 16.5. The average Bonchev–Trinajstić information content (AvgIpc) is 2.27. The van der Waals surface area contributed by atoms with E-state index in [0.717, 1.165) is 11.1 Å². The molecule has 1 aromatic rings. The molecule has 17 heavy (non-hydrogen) atoms. The van der Waals surface area contributed by atoms with Crippen LogP contribution in [0.25, 0.3) is 0 Å². The Morgan fingerprint density at radius 2 is 1.82 bits per heavy atom. The first-order valence-corrected chi connectivity index (χ1v) is 5.87. The molecule has 94 valence electrons. The Labute approximate surface area is 102 Å². The van der Waals surface area contributed by atoms with Crippen LogP contribution in [0.1, 0.15) is 38.0 Å². The van der Waals surface area contributed by atoms with E-state index in [1.807, 2.05) is 31.2 Å². The number of benzene rings is 1. The van der Waals surface area contributed by atoms with Crippen LogP contribution in [-0.2, 0) is 9.53 Å². The van der Waals surface area contributed by atoms with Crippen molar-refractivity contribution in [2.24, 2.45) is 5.92 Å². The Bertz CT molecular complexity index is 385. The predicted molar refractivity (Wildman–Crippen MR) is 66.5 cm³/mol. The quantitative estimate of drug-likeness (QED) is 0.817. The third-order valence-corrected chi connectivity index (χ3v) is 2.70. The summed E-state index contributed by atoms with van der Waals surface area (Å²) in [5.41, 5.74) is 1.75. The summed E-state index contributed by atoms with van der Waals surface area (Å²) in [5, 5.41) is 10.2. The number of hydrogen-bond donors (Lipinski definition) is 1. The first-order chi connectivity index (χ1) is 7.93. The van der Waals surface area contributed by atoms with Crippen molar-refractivity contribution in [3.63, 3.8) is 0 Å². The summed E-state index contributed by atoms with van der Waals surface area (Å²) in [6, 6.07) is 7.51. The summed E-state index contributed by atoms with van der Waals surface area (Å²) in [5.74, 6) is -0.922. The van der Waals surface area contributed by atoms with E-state index < -0.39 is 12.0 Å². The first-order valence-electron chi connectivity index (χ1n) is 5.87. The lowest BCUT2D eigenvalue weighted by Gasteiger charge is -2.20. The average molecular weight is 236 g/mol. The highest BCUT2D eigenvalue weighted by Gasteiger charge is 2.26. The minimum Gasteiger partial charge on any atom is -0.463 e. The SMILES string of the molecule is Cc1ccccc1C(O)C(C)C(=O)OC(C)C. The molecule has 0 spiro atoms. The molecular weight excluding hydrogens is 216 g/mol. The van der Waals surface area contributed by atoms with Crippen LogP contribution in [0.15, 0.2) is 24.3 Å². The van der Waals surface area contributed by atoms with Crippen molar-refractivity contribution >= 4 is 5.97 Å².